The first-order valence-electron chi connectivity index (χ1n) is 2.56. The van der Waals surface area contributed by atoms with Crippen LogP contribution < -0.4 is 10.9 Å². The number of nitrogens with two attached hydrogens (primary N) is 1. The Morgan fingerprint density at radius 1 is 1.89 bits per heavy atom. The maximum atomic E-state index is 5.53. The average molecular weight is 142 g/mol. The van der Waals surface area contributed by atoms with Crippen molar-refractivity contribution in [1.82, 2.24) is 10.2 Å². The van der Waals surface area contributed by atoms with Gasteiger partial charge in [-0.1, -0.05) is 11.8 Å². The lowest BCUT2D eigenvalue weighted by Gasteiger charge is -2.05. The topological polar surface area (TPSA) is 57.9 Å². The fraction of sp³-hybridized carbons (Fsp3) is 0.250. The molecule has 0 saturated carbocycles. The molecule has 0 bridgehead atoms. The van der Waals surface area contributed by atoms with Crippen LogP contribution in [0, 0.1) is 0 Å². The molecule has 0 radical (unpaired) electrons. The van der Waals surface area contributed by atoms with Crippen LogP contribution in [0.5, 0.6) is 0 Å². The number of hydrazine groups is 1. The Hall–Kier alpha value is -0.680. The summed E-state index contributed by atoms with van der Waals surface area (Å²) in [7, 11) is 0. The molecule has 1 aromatic heterocycles. The number of thioether (sulfide) groups is 1. The van der Waals surface area contributed by atoms with E-state index in [1.54, 1.807) is 23.0 Å². The smallest absolute Gasteiger partial charge is 0.153 e. The number of nitrogens with one attached hydrogen (secondary N) is 1. The van der Waals surface area contributed by atoms with Crippen molar-refractivity contribution in [2.45, 2.75) is 4.90 Å². The molecule has 0 spiro atoms. The zero-order chi connectivity index (χ0) is 6.27. The Kier molecular flexibility index (Phi) is 0.940. The molecular formula is C4H6N4S. The third-order valence-electron chi connectivity index (χ3n) is 1.23. The summed E-state index contributed by atoms with van der Waals surface area (Å²) in [5, 5.41) is 8.27. The lowest BCUT2D eigenvalue weighted by Crippen LogP contribution is -2.27. The molecule has 2 heterocycles. The molecule has 1 aromatic rings. The number of rotatable bonds is 0. The maximum absolute atomic E-state index is 5.53. The van der Waals surface area contributed by atoms with Crippen molar-refractivity contribution in [1.29, 1.82) is 0 Å². The first-order valence-corrected chi connectivity index (χ1v) is 3.55. The van der Waals surface area contributed by atoms with E-state index < -0.39 is 0 Å². The second-order valence-electron chi connectivity index (χ2n) is 1.83. The van der Waals surface area contributed by atoms with Gasteiger partial charge in [0.2, 0.25) is 0 Å². The van der Waals surface area contributed by atoms with Gasteiger partial charge in [-0.15, -0.1) is 0 Å². The van der Waals surface area contributed by atoms with Crippen LogP contribution in [0.15, 0.2) is 11.1 Å². The molecule has 2 rings (SSSR count). The maximum Gasteiger partial charge on any atom is 0.153 e. The molecule has 9 heavy (non-hydrogen) atoms. The number of hydrogen-bond donors (Lipinski definition) is 2. The standard InChI is InChI=1S/C4H6N4S/c5-8-2-9-3-1-6-7-4(3)8/h1H,2,5H2,(H,6,7). The van der Waals surface area contributed by atoms with Crippen molar-refractivity contribution in [3.05, 3.63) is 6.20 Å². The predicted molar refractivity (Wildman–Crippen MR) is 36.0 cm³/mol. The van der Waals surface area contributed by atoms with Crippen molar-refractivity contribution < 1.29 is 0 Å². The number of hydrogen-bond acceptors (Lipinski definition) is 4. The summed E-state index contributed by atoms with van der Waals surface area (Å²) in [6, 6.07) is 0. The minimum absolute atomic E-state index is 0.823. The van der Waals surface area contributed by atoms with Gasteiger partial charge in [-0.05, 0) is 0 Å². The van der Waals surface area contributed by atoms with Gasteiger partial charge in [0.25, 0.3) is 0 Å². The van der Waals surface area contributed by atoms with E-state index in [0.717, 1.165) is 16.6 Å². The number of H-pyrrole nitrogens is 1. The van der Waals surface area contributed by atoms with Crippen molar-refractivity contribution in [2.75, 3.05) is 10.9 Å². The Labute approximate surface area is 56.4 Å². The Morgan fingerprint density at radius 3 is 3.56 bits per heavy atom. The normalized spacial score (nSPS) is 16.3. The molecule has 0 fully saturated rings. The molecule has 0 aliphatic carbocycles. The highest BCUT2D eigenvalue weighted by atomic mass is 32.2. The molecule has 0 amide bonds. The fourth-order valence-electron chi connectivity index (χ4n) is 0.783. The molecular weight excluding hydrogens is 136 g/mol. The molecule has 1 aliphatic heterocycles. The summed E-state index contributed by atoms with van der Waals surface area (Å²) < 4.78 is 0. The minimum Gasteiger partial charge on any atom is -0.284 e. The first kappa shape index (κ1) is 5.13. The zero-order valence-corrected chi connectivity index (χ0v) is 5.48. The van der Waals surface area contributed by atoms with Crippen molar-refractivity contribution in [3.8, 4) is 0 Å². The van der Waals surface area contributed by atoms with Crippen LogP contribution in [0.1, 0.15) is 0 Å². The summed E-state index contributed by atoms with van der Waals surface area (Å²) in [6.45, 7) is 0. The van der Waals surface area contributed by atoms with Gasteiger partial charge < -0.3 is 0 Å². The highest BCUT2D eigenvalue weighted by Crippen LogP contribution is 2.33. The van der Waals surface area contributed by atoms with Crippen LogP contribution in [-0.4, -0.2) is 16.1 Å². The van der Waals surface area contributed by atoms with Gasteiger partial charge in [0.15, 0.2) is 5.82 Å². The fourth-order valence-corrected chi connectivity index (χ4v) is 1.62. The Bertz CT molecular complexity index is 220. The molecule has 4 nitrogen and oxygen atoms in total. The monoisotopic (exact) mass is 142 g/mol. The van der Waals surface area contributed by atoms with Crippen LogP contribution in [-0.2, 0) is 0 Å². The molecule has 5 heteroatoms. The highest BCUT2D eigenvalue weighted by Gasteiger charge is 2.17. The molecule has 48 valence electrons. The number of anilines is 1. The first-order chi connectivity index (χ1) is 4.38. The predicted octanol–water partition coefficient (Wildman–Crippen LogP) is 0.153. The molecule has 0 unspecified atom stereocenters. The Morgan fingerprint density at radius 2 is 2.78 bits per heavy atom. The van der Waals surface area contributed by atoms with Crippen LogP contribution in [0.3, 0.4) is 0 Å². The third kappa shape index (κ3) is 0.617. The number of aromatic amines is 1. The molecule has 3 N–H and O–H groups in total. The van der Waals surface area contributed by atoms with Gasteiger partial charge in [0.1, 0.15) is 0 Å². The van der Waals surface area contributed by atoms with E-state index in [-0.39, 0.29) is 0 Å². The number of fused-ring (bicyclic) bond motifs is 1. The van der Waals surface area contributed by atoms with E-state index >= 15 is 0 Å². The highest BCUT2D eigenvalue weighted by molar-refractivity contribution is 7.99. The van der Waals surface area contributed by atoms with Gasteiger partial charge in [0.05, 0.1) is 17.0 Å². The van der Waals surface area contributed by atoms with Gasteiger partial charge in [-0.2, -0.15) is 5.10 Å². The van der Waals surface area contributed by atoms with E-state index in [4.69, 9.17) is 5.84 Å². The van der Waals surface area contributed by atoms with Gasteiger partial charge in [-0.3, -0.25) is 10.1 Å². The second kappa shape index (κ2) is 1.65. The SMILES string of the molecule is NN1CSc2cn[nH]c21. The van der Waals surface area contributed by atoms with Gasteiger partial charge in [0, 0.05) is 0 Å². The van der Waals surface area contributed by atoms with Crippen molar-refractivity contribution in [3.63, 3.8) is 0 Å². The number of aromatic nitrogens is 2. The van der Waals surface area contributed by atoms with E-state index in [2.05, 4.69) is 10.2 Å². The second-order valence-corrected chi connectivity index (χ2v) is 2.81. The summed E-state index contributed by atoms with van der Waals surface area (Å²) in [5.41, 5.74) is 0. The van der Waals surface area contributed by atoms with E-state index in [9.17, 15) is 0 Å². The summed E-state index contributed by atoms with van der Waals surface area (Å²) in [5.74, 6) is 7.29. The third-order valence-corrected chi connectivity index (χ3v) is 2.25. The molecule has 1 aliphatic rings. The van der Waals surface area contributed by atoms with Crippen LogP contribution in [0.4, 0.5) is 5.82 Å². The summed E-state index contributed by atoms with van der Waals surface area (Å²) in [6.07, 6.45) is 1.78. The molecule has 0 aromatic carbocycles. The van der Waals surface area contributed by atoms with Crippen LogP contribution >= 0.6 is 11.8 Å². The molecule has 0 saturated heterocycles. The van der Waals surface area contributed by atoms with E-state index in [1.807, 2.05) is 0 Å². The van der Waals surface area contributed by atoms with Crippen LogP contribution in [0.2, 0.25) is 0 Å². The summed E-state index contributed by atoms with van der Waals surface area (Å²) >= 11 is 1.69. The van der Waals surface area contributed by atoms with Gasteiger partial charge in [-0.25, -0.2) is 5.84 Å². The van der Waals surface area contributed by atoms with E-state index in [1.165, 1.54) is 0 Å². The Balaban J connectivity index is 2.49. The zero-order valence-electron chi connectivity index (χ0n) is 4.66. The van der Waals surface area contributed by atoms with Crippen molar-refractivity contribution in [2.24, 2.45) is 5.84 Å². The largest absolute Gasteiger partial charge is 0.284 e. The van der Waals surface area contributed by atoms with Crippen molar-refractivity contribution >= 4 is 17.6 Å². The van der Waals surface area contributed by atoms with Crippen LogP contribution in [0.25, 0.3) is 0 Å². The minimum atomic E-state index is 0.823. The quantitative estimate of drug-likeness (QED) is 0.506. The number of nitrogens with zero attached hydrogens (tertiary/aromatic N) is 2. The lowest BCUT2D eigenvalue weighted by molar-refractivity contribution is 0.938. The van der Waals surface area contributed by atoms with E-state index in [0.29, 0.717) is 0 Å². The lowest BCUT2D eigenvalue weighted by atomic mass is 10.6. The molecule has 0 atom stereocenters. The van der Waals surface area contributed by atoms with Gasteiger partial charge >= 0.3 is 0 Å². The summed E-state index contributed by atoms with van der Waals surface area (Å²) in [4.78, 5) is 1.14. The average Bonchev–Trinajstić information content (AvgIpc) is 2.35.